The van der Waals surface area contributed by atoms with E-state index in [0.717, 1.165) is 35.2 Å². The molecule has 7 heteroatoms. The Balaban J connectivity index is 2.04. The van der Waals surface area contributed by atoms with Crippen molar-refractivity contribution in [1.82, 2.24) is 9.88 Å². The van der Waals surface area contributed by atoms with Crippen molar-refractivity contribution in [3.05, 3.63) is 65.4 Å². The van der Waals surface area contributed by atoms with Crippen LogP contribution in [0.4, 0.5) is 0 Å². The van der Waals surface area contributed by atoms with E-state index in [2.05, 4.69) is 16.1 Å². The fourth-order valence-electron chi connectivity index (χ4n) is 3.35. The van der Waals surface area contributed by atoms with E-state index in [1.54, 1.807) is 7.11 Å². The van der Waals surface area contributed by atoms with Gasteiger partial charge in [-0.05, 0) is 49.3 Å². The molecule has 0 aliphatic rings. The van der Waals surface area contributed by atoms with Crippen molar-refractivity contribution in [3.8, 4) is 5.75 Å². The molecule has 0 saturated carbocycles. The van der Waals surface area contributed by atoms with Gasteiger partial charge < -0.3 is 14.6 Å². The molecule has 0 atom stereocenters. The number of nitrogens with zero attached hydrogens (tertiary/aromatic N) is 1. The summed E-state index contributed by atoms with van der Waals surface area (Å²) in [5, 5.41) is 9.43. The summed E-state index contributed by atoms with van der Waals surface area (Å²) < 4.78 is 30.6. The van der Waals surface area contributed by atoms with E-state index >= 15 is 0 Å². The number of ether oxygens (including phenoxy) is 1. The summed E-state index contributed by atoms with van der Waals surface area (Å²) in [7, 11) is 0.0262. The number of hydrogen-bond donors (Lipinski definition) is 2. The standard InChI is InChI=1S/C20H25N3O3S/c1-22-10-9-16-12-23(13-17-5-3-4-6-20(17)26-2)19-8-7-15(11-18(16)19)14-27(21,24)25/h3-8,11-12,22H,9-10,13-14H2,1-2H3,(H2,21,24,25). The number of para-hydroxylation sites is 1. The highest BCUT2D eigenvalue weighted by atomic mass is 32.2. The molecule has 0 amide bonds. The molecule has 3 rings (SSSR count). The van der Waals surface area contributed by atoms with Gasteiger partial charge in [0.1, 0.15) is 5.75 Å². The minimum Gasteiger partial charge on any atom is -0.496 e. The third kappa shape index (κ3) is 4.68. The molecule has 27 heavy (non-hydrogen) atoms. The number of rotatable bonds is 8. The summed E-state index contributed by atoms with van der Waals surface area (Å²) in [5.74, 6) is 0.688. The van der Waals surface area contributed by atoms with Gasteiger partial charge >= 0.3 is 0 Å². The summed E-state index contributed by atoms with van der Waals surface area (Å²) in [6, 6.07) is 13.7. The first-order valence-electron chi connectivity index (χ1n) is 8.79. The zero-order chi connectivity index (χ0) is 19.4. The van der Waals surface area contributed by atoms with Crippen LogP contribution in [0.1, 0.15) is 16.7 Å². The van der Waals surface area contributed by atoms with Crippen molar-refractivity contribution in [3.63, 3.8) is 0 Å². The van der Waals surface area contributed by atoms with Crippen LogP contribution in [-0.4, -0.2) is 33.7 Å². The average Bonchev–Trinajstić information content (AvgIpc) is 2.96. The van der Waals surface area contributed by atoms with E-state index in [4.69, 9.17) is 9.88 Å². The van der Waals surface area contributed by atoms with Crippen molar-refractivity contribution < 1.29 is 13.2 Å². The van der Waals surface area contributed by atoms with Crippen LogP contribution in [0.25, 0.3) is 10.9 Å². The van der Waals surface area contributed by atoms with Crippen LogP contribution in [-0.2, 0) is 28.7 Å². The number of benzene rings is 2. The molecule has 1 aromatic heterocycles. The summed E-state index contributed by atoms with van der Waals surface area (Å²) >= 11 is 0. The molecule has 3 N–H and O–H groups in total. The molecular formula is C20H25N3O3S. The normalized spacial score (nSPS) is 11.8. The number of aromatic nitrogens is 1. The van der Waals surface area contributed by atoms with E-state index in [1.165, 1.54) is 5.56 Å². The van der Waals surface area contributed by atoms with Crippen molar-refractivity contribution in [2.24, 2.45) is 5.14 Å². The Morgan fingerprint density at radius 3 is 2.63 bits per heavy atom. The zero-order valence-electron chi connectivity index (χ0n) is 15.6. The van der Waals surface area contributed by atoms with Gasteiger partial charge in [-0.3, -0.25) is 0 Å². The van der Waals surface area contributed by atoms with Gasteiger partial charge in [-0.25, -0.2) is 13.6 Å². The van der Waals surface area contributed by atoms with Crippen LogP contribution in [0.2, 0.25) is 0 Å². The summed E-state index contributed by atoms with van der Waals surface area (Å²) in [6.45, 7) is 1.52. The number of fused-ring (bicyclic) bond motifs is 1. The minimum absolute atomic E-state index is 0.161. The van der Waals surface area contributed by atoms with Gasteiger partial charge in [0.05, 0.1) is 19.4 Å². The largest absolute Gasteiger partial charge is 0.496 e. The van der Waals surface area contributed by atoms with E-state index in [1.807, 2.05) is 49.5 Å². The van der Waals surface area contributed by atoms with E-state index in [0.29, 0.717) is 12.1 Å². The highest BCUT2D eigenvalue weighted by Crippen LogP contribution is 2.27. The smallest absolute Gasteiger partial charge is 0.213 e. The Bertz CT molecular complexity index is 1040. The first kappa shape index (κ1) is 19.4. The van der Waals surface area contributed by atoms with Crippen LogP contribution in [0, 0.1) is 0 Å². The highest BCUT2D eigenvalue weighted by Gasteiger charge is 2.13. The van der Waals surface area contributed by atoms with E-state index in [9.17, 15) is 8.42 Å². The van der Waals surface area contributed by atoms with Crippen LogP contribution < -0.4 is 15.2 Å². The lowest BCUT2D eigenvalue weighted by atomic mass is 10.1. The molecule has 0 bridgehead atoms. The SMILES string of the molecule is CNCCc1cn(Cc2ccccc2OC)c2ccc(CS(N)(=O)=O)cc12. The van der Waals surface area contributed by atoms with Crippen molar-refractivity contribution in [2.75, 3.05) is 20.7 Å². The first-order chi connectivity index (χ1) is 12.9. The monoisotopic (exact) mass is 387 g/mol. The molecule has 3 aromatic rings. The van der Waals surface area contributed by atoms with Gasteiger partial charge in [-0.2, -0.15) is 0 Å². The van der Waals surface area contributed by atoms with Gasteiger partial charge in [0, 0.05) is 22.7 Å². The van der Waals surface area contributed by atoms with Crippen LogP contribution in [0.5, 0.6) is 5.75 Å². The molecule has 1 heterocycles. The molecule has 0 aliphatic heterocycles. The van der Waals surface area contributed by atoms with Gasteiger partial charge in [0.25, 0.3) is 0 Å². The molecule has 0 saturated heterocycles. The number of nitrogens with one attached hydrogen (secondary N) is 1. The molecule has 0 spiro atoms. The third-order valence-electron chi connectivity index (χ3n) is 4.57. The Kier molecular flexibility index (Phi) is 5.84. The number of nitrogens with two attached hydrogens (primary N) is 1. The predicted octanol–water partition coefficient (Wildman–Crippen LogP) is 2.25. The second-order valence-electron chi connectivity index (χ2n) is 6.61. The maximum atomic E-state index is 11.5. The maximum absolute atomic E-state index is 11.5. The summed E-state index contributed by atoms with van der Waals surface area (Å²) in [4.78, 5) is 0. The van der Waals surface area contributed by atoms with Crippen molar-refractivity contribution in [2.45, 2.75) is 18.7 Å². The Morgan fingerprint density at radius 2 is 1.93 bits per heavy atom. The lowest BCUT2D eigenvalue weighted by molar-refractivity contribution is 0.408. The van der Waals surface area contributed by atoms with Crippen LogP contribution in [0.3, 0.4) is 0 Å². The van der Waals surface area contributed by atoms with Gasteiger partial charge in [0.15, 0.2) is 0 Å². The number of primary sulfonamides is 1. The number of sulfonamides is 1. The summed E-state index contributed by atoms with van der Waals surface area (Å²) in [5.41, 5.74) is 4.02. The fourth-order valence-corrected chi connectivity index (χ4v) is 3.99. The molecule has 0 unspecified atom stereocenters. The minimum atomic E-state index is -3.56. The predicted molar refractivity (Wildman–Crippen MR) is 108 cm³/mol. The molecule has 2 aromatic carbocycles. The van der Waals surface area contributed by atoms with Gasteiger partial charge in [-0.1, -0.05) is 24.3 Å². The third-order valence-corrected chi connectivity index (χ3v) is 5.31. The second kappa shape index (κ2) is 8.12. The number of methoxy groups -OCH3 is 1. The highest BCUT2D eigenvalue weighted by molar-refractivity contribution is 7.88. The molecule has 0 aliphatic carbocycles. The lowest BCUT2D eigenvalue weighted by Gasteiger charge is -2.10. The van der Waals surface area contributed by atoms with Crippen LogP contribution >= 0.6 is 0 Å². The topological polar surface area (TPSA) is 86.3 Å². The number of likely N-dealkylation sites (N-methyl/N-ethyl adjacent to an activating group) is 1. The molecule has 6 nitrogen and oxygen atoms in total. The fraction of sp³-hybridized carbons (Fsp3) is 0.300. The van der Waals surface area contributed by atoms with Crippen LogP contribution in [0.15, 0.2) is 48.7 Å². The first-order valence-corrected chi connectivity index (χ1v) is 10.5. The molecule has 0 radical (unpaired) electrons. The molecule has 144 valence electrons. The maximum Gasteiger partial charge on any atom is 0.213 e. The Hall–Kier alpha value is -2.35. The van der Waals surface area contributed by atoms with Crippen molar-refractivity contribution >= 4 is 20.9 Å². The van der Waals surface area contributed by atoms with E-state index in [-0.39, 0.29) is 5.75 Å². The summed E-state index contributed by atoms with van der Waals surface area (Å²) in [6.07, 6.45) is 2.99. The van der Waals surface area contributed by atoms with Crippen molar-refractivity contribution in [1.29, 1.82) is 0 Å². The van der Waals surface area contributed by atoms with E-state index < -0.39 is 10.0 Å². The quantitative estimate of drug-likeness (QED) is 0.621. The number of hydrogen-bond acceptors (Lipinski definition) is 4. The second-order valence-corrected chi connectivity index (χ2v) is 8.22. The average molecular weight is 388 g/mol. The van der Waals surface area contributed by atoms with Gasteiger partial charge in [0.2, 0.25) is 10.0 Å². The lowest BCUT2D eigenvalue weighted by Crippen LogP contribution is -2.14. The molecule has 0 fully saturated rings. The zero-order valence-corrected chi connectivity index (χ0v) is 16.4. The van der Waals surface area contributed by atoms with Gasteiger partial charge in [-0.15, -0.1) is 0 Å². The Morgan fingerprint density at radius 1 is 1.15 bits per heavy atom. The molecular weight excluding hydrogens is 362 g/mol. The Labute approximate surface area is 160 Å².